The molecule has 1 saturated carbocycles. The molecule has 17 heavy (non-hydrogen) atoms. The summed E-state index contributed by atoms with van der Waals surface area (Å²) in [5.41, 5.74) is 7.17. The third kappa shape index (κ3) is 2.10. The van der Waals surface area contributed by atoms with Gasteiger partial charge in [0.05, 0.1) is 15.2 Å². The predicted octanol–water partition coefficient (Wildman–Crippen LogP) is 2.71. The summed E-state index contributed by atoms with van der Waals surface area (Å²) in [6.07, 6.45) is 2.94. The van der Waals surface area contributed by atoms with E-state index in [1.54, 1.807) is 11.3 Å². The van der Waals surface area contributed by atoms with Gasteiger partial charge in [0, 0.05) is 17.9 Å². The van der Waals surface area contributed by atoms with Crippen molar-refractivity contribution in [3.05, 3.63) is 28.8 Å². The normalized spacial score (nSPS) is 15.4. The summed E-state index contributed by atoms with van der Waals surface area (Å²) in [7, 11) is 0. The third-order valence-corrected chi connectivity index (χ3v) is 4.21. The van der Waals surface area contributed by atoms with E-state index in [1.165, 1.54) is 17.8 Å². The molecule has 0 bridgehead atoms. The maximum Gasteiger partial charge on any atom is 0.164 e. The first-order chi connectivity index (χ1) is 8.28. The molecule has 0 aliphatic heterocycles. The van der Waals surface area contributed by atoms with Crippen molar-refractivity contribution < 1.29 is 4.79 Å². The van der Waals surface area contributed by atoms with E-state index in [0.29, 0.717) is 18.9 Å². The standard InChI is InChI=1S/C13H14N2OS/c14-6-5-11(16)9-3-4-10-12(7-9)17-13(15-10)8-1-2-8/h3-4,7-8H,1-2,5-6,14H2. The SMILES string of the molecule is NCCC(=O)c1ccc2nc(C3CC3)sc2c1. The lowest BCUT2D eigenvalue weighted by molar-refractivity contribution is 0.0985. The Kier molecular flexibility index (Phi) is 2.68. The van der Waals surface area contributed by atoms with E-state index >= 15 is 0 Å². The van der Waals surface area contributed by atoms with Gasteiger partial charge in [0.15, 0.2) is 5.78 Å². The highest BCUT2D eigenvalue weighted by atomic mass is 32.1. The van der Waals surface area contributed by atoms with Crippen molar-refractivity contribution in [3.63, 3.8) is 0 Å². The lowest BCUT2D eigenvalue weighted by Gasteiger charge is -1.98. The van der Waals surface area contributed by atoms with Crippen LogP contribution in [0.1, 0.15) is 40.5 Å². The number of rotatable bonds is 4. The molecule has 88 valence electrons. The number of Topliss-reactive ketones (excluding diaryl/α,β-unsaturated/α-hetero) is 1. The Morgan fingerprint density at radius 2 is 2.29 bits per heavy atom. The van der Waals surface area contributed by atoms with E-state index < -0.39 is 0 Å². The van der Waals surface area contributed by atoms with Crippen molar-refractivity contribution in [1.29, 1.82) is 0 Å². The van der Waals surface area contributed by atoms with E-state index in [-0.39, 0.29) is 5.78 Å². The second-order valence-electron chi connectivity index (χ2n) is 4.47. The number of nitrogens with zero attached hydrogens (tertiary/aromatic N) is 1. The van der Waals surface area contributed by atoms with Crippen molar-refractivity contribution in [1.82, 2.24) is 4.98 Å². The molecule has 3 nitrogen and oxygen atoms in total. The molecule has 0 radical (unpaired) electrons. The van der Waals surface area contributed by atoms with Crippen LogP contribution in [0.25, 0.3) is 10.2 Å². The monoisotopic (exact) mass is 246 g/mol. The molecule has 1 aliphatic rings. The van der Waals surface area contributed by atoms with E-state index in [1.807, 2.05) is 18.2 Å². The molecule has 2 N–H and O–H groups in total. The van der Waals surface area contributed by atoms with Gasteiger partial charge in [0.25, 0.3) is 0 Å². The van der Waals surface area contributed by atoms with Gasteiger partial charge in [-0.15, -0.1) is 11.3 Å². The maximum atomic E-state index is 11.7. The van der Waals surface area contributed by atoms with Gasteiger partial charge in [0.1, 0.15) is 0 Å². The molecule has 1 fully saturated rings. The van der Waals surface area contributed by atoms with Crippen molar-refractivity contribution >= 4 is 27.3 Å². The lowest BCUT2D eigenvalue weighted by Crippen LogP contribution is -2.07. The summed E-state index contributed by atoms with van der Waals surface area (Å²) in [6, 6.07) is 5.76. The number of nitrogens with two attached hydrogens (primary N) is 1. The van der Waals surface area contributed by atoms with Gasteiger partial charge in [-0.3, -0.25) is 4.79 Å². The fourth-order valence-electron chi connectivity index (χ4n) is 1.90. The van der Waals surface area contributed by atoms with Gasteiger partial charge >= 0.3 is 0 Å². The van der Waals surface area contributed by atoms with Gasteiger partial charge in [-0.25, -0.2) is 4.98 Å². The van der Waals surface area contributed by atoms with Crippen LogP contribution in [-0.4, -0.2) is 17.3 Å². The third-order valence-electron chi connectivity index (χ3n) is 3.02. The van der Waals surface area contributed by atoms with Crippen molar-refractivity contribution in [2.45, 2.75) is 25.2 Å². The first-order valence-corrected chi connectivity index (χ1v) is 6.73. The van der Waals surface area contributed by atoms with Crippen LogP contribution in [0.3, 0.4) is 0 Å². The van der Waals surface area contributed by atoms with E-state index in [4.69, 9.17) is 5.73 Å². The average Bonchev–Trinajstić information content (AvgIpc) is 3.08. The molecule has 1 aliphatic carbocycles. The summed E-state index contributed by atoms with van der Waals surface area (Å²) in [5.74, 6) is 0.798. The van der Waals surface area contributed by atoms with Gasteiger partial charge < -0.3 is 5.73 Å². The van der Waals surface area contributed by atoms with E-state index in [2.05, 4.69) is 4.98 Å². The molecular weight excluding hydrogens is 232 g/mol. The average molecular weight is 246 g/mol. The molecule has 0 saturated heterocycles. The van der Waals surface area contributed by atoms with Crippen LogP contribution in [0, 0.1) is 0 Å². The number of hydrogen-bond acceptors (Lipinski definition) is 4. The van der Waals surface area contributed by atoms with Gasteiger partial charge in [-0.2, -0.15) is 0 Å². The number of hydrogen-bond donors (Lipinski definition) is 1. The Labute approximate surface area is 104 Å². The summed E-state index contributed by atoms with van der Waals surface area (Å²) >= 11 is 1.72. The maximum absolute atomic E-state index is 11.7. The molecule has 0 atom stereocenters. The molecule has 3 rings (SSSR count). The van der Waals surface area contributed by atoms with Crippen LogP contribution in [0.2, 0.25) is 0 Å². The number of aromatic nitrogens is 1. The zero-order valence-corrected chi connectivity index (χ0v) is 10.3. The molecule has 0 amide bonds. The first-order valence-electron chi connectivity index (χ1n) is 5.91. The Morgan fingerprint density at radius 3 is 3.00 bits per heavy atom. The van der Waals surface area contributed by atoms with Crippen molar-refractivity contribution in [2.24, 2.45) is 5.73 Å². The fourth-order valence-corrected chi connectivity index (χ4v) is 3.07. The Balaban J connectivity index is 1.97. The molecule has 2 aromatic rings. The van der Waals surface area contributed by atoms with E-state index in [0.717, 1.165) is 15.8 Å². The molecule has 1 aromatic carbocycles. The van der Waals surface area contributed by atoms with Crippen LogP contribution >= 0.6 is 11.3 Å². The summed E-state index contributed by atoms with van der Waals surface area (Å²) < 4.78 is 1.12. The van der Waals surface area contributed by atoms with E-state index in [9.17, 15) is 4.79 Å². The Hall–Kier alpha value is -1.26. The van der Waals surface area contributed by atoms with Crippen molar-refractivity contribution in [2.75, 3.05) is 6.54 Å². The molecular formula is C13H14N2OS. The highest BCUT2D eigenvalue weighted by Crippen LogP contribution is 2.43. The smallest absolute Gasteiger partial charge is 0.164 e. The van der Waals surface area contributed by atoms with Gasteiger partial charge in [-0.1, -0.05) is 0 Å². The molecule has 1 aromatic heterocycles. The number of ketones is 1. The highest BCUT2D eigenvalue weighted by Gasteiger charge is 2.27. The number of fused-ring (bicyclic) bond motifs is 1. The molecule has 1 heterocycles. The van der Waals surface area contributed by atoms with Crippen LogP contribution in [0.4, 0.5) is 0 Å². The number of carbonyl (C=O) groups is 1. The van der Waals surface area contributed by atoms with Crippen LogP contribution in [-0.2, 0) is 0 Å². The number of benzene rings is 1. The van der Waals surface area contributed by atoms with Crippen molar-refractivity contribution in [3.8, 4) is 0 Å². The molecule has 4 heteroatoms. The number of carbonyl (C=O) groups excluding carboxylic acids is 1. The Morgan fingerprint density at radius 1 is 1.47 bits per heavy atom. The summed E-state index contributed by atoms with van der Waals surface area (Å²) in [4.78, 5) is 16.3. The van der Waals surface area contributed by atoms with Gasteiger partial charge in [-0.05, 0) is 37.6 Å². The van der Waals surface area contributed by atoms with Gasteiger partial charge in [0.2, 0.25) is 0 Å². The molecule has 0 spiro atoms. The quantitative estimate of drug-likeness (QED) is 0.844. The minimum atomic E-state index is 0.121. The zero-order valence-electron chi connectivity index (χ0n) is 9.48. The summed E-state index contributed by atoms with van der Waals surface area (Å²) in [6.45, 7) is 0.410. The Bertz CT molecular complexity index is 572. The van der Waals surface area contributed by atoms with Crippen LogP contribution in [0.15, 0.2) is 18.2 Å². The largest absolute Gasteiger partial charge is 0.330 e. The summed E-state index contributed by atoms with van der Waals surface area (Å²) in [5, 5.41) is 1.23. The topological polar surface area (TPSA) is 56.0 Å². The second-order valence-corrected chi connectivity index (χ2v) is 5.53. The van der Waals surface area contributed by atoms with Crippen LogP contribution in [0.5, 0.6) is 0 Å². The second kappa shape index (κ2) is 4.20. The zero-order chi connectivity index (χ0) is 11.8. The predicted molar refractivity (Wildman–Crippen MR) is 69.6 cm³/mol. The first kappa shape index (κ1) is 10.9. The minimum absolute atomic E-state index is 0.121. The lowest BCUT2D eigenvalue weighted by atomic mass is 10.1. The van der Waals surface area contributed by atoms with Crippen LogP contribution < -0.4 is 5.73 Å². The number of thiazole rings is 1. The minimum Gasteiger partial charge on any atom is -0.330 e. The highest BCUT2D eigenvalue weighted by molar-refractivity contribution is 7.18. The fraction of sp³-hybridized carbons (Fsp3) is 0.385. The molecule has 0 unspecified atom stereocenters.